The van der Waals surface area contributed by atoms with Crippen LogP contribution < -0.4 is 0 Å². The number of alkyl halides is 1. The molecule has 2 rings (SSSR count). The van der Waals surface area contributed by atoms with Crippen LogP contribution in [-0.4, -0.2) is 13.1 Å². The topological polar surface area (TPSA) is 26.3 Å². The first-order valence-electron chi connectivity index (χ1n) is 5.69. The lowest BCUT2D eigenvalue weighted by Crippen LogP contribution is -2.01. The standard InChI is InChI=1S/C15H12BrClO2/c1-19-15(18)12-4-2-10(3-5-12)14(16)11-6-8-13(17)9-7-11/h2-9,14H,1H3. The minimum atomic E-state index is -0.329. The zero-order valence-electron chi connectivity index (χ0n) is 10.3. The number of halogens is 2. The molecule has 0 N–H and O–H groups in total. The van der Waals surface area contributed by atoms with Gasteiger partial charge in [0, 0.05) is 5.02 Å². The summed E-state index contributed by atoms with van der Waals surface area (Å²) in [5, 5.41) is 0.712. The number of hydrogen-bond acceptors (Lipinski definition) is 2. The molecule has 0 saturated heterocycles. The Kier molecular flexibility index (Phi) is 4.61. The molecule has 0 spiro atoms. The Labute approximate surface area is 125 Å². The van der Waals surface area contributed by atoms with Crippen LogP contribution in [0.2, 0.25) is 5.02 Å². The maximum Gasteiger partial charge on any atom is 0.337 e. The van der Waals surface area contributed by atoms with Crippen molar-refractivity contribution in [2.24, 2.45) is 0 Å². The second-order valence-corrected chi connectivity index (χ2v) is 5.38. The maximum absolute atomic E-state index is 11.4. The lowest BCUT2D eigenvalue weighted by atomic mass is 10.0. The van der Waals surface area contributed by atoms with Gasteiger partial charge < -0.3 is 4.74 Å². The van der Waals surface area contributed by atoms with Crippen molar-refractivity contribution in [2.75, 3.05) is 7.11 Å². The SMILES string of the molecule is COC(=O)c1ccc(C(Br)c2ccc(Cl)cc2)cc1. The Morgan fingerprint density at radius 3 is 2.00 bits per heavy atom. The van der Waals surface area contributed by atoms with E-state index >= 15 is 0 Å². The molecule has 0 amide bonds. The molecule has 0 heterocycles. The Balaban J connectivity index is 2.22. The van der Waals surface area contributed by atoms with E-state index in [1.54, 1.807) is 12.1 Å². The Hall–Kier alpha value is -1.32. The third-order valence-corrected chi connectivity index (χ3v) is 4.10. The number of methoxy groups -OCH3 is 1. The fourth-order valence-corrected chi connectivity index (χ4v) is 2.47. The van der Waals surface area contributed by atoms with Crippen LogP contribution in [0.1, 0.15) is 26.3 Å². The molecule has 0 fully saturated rings. The number of ether oxygens (including phenoxy) is 1. The predicted molar refractivity (Wildman–Crippen MR) is 80.0 cm³/mol. The van der Waals surface area contributed by atoms with Crippen molar-refractivity contribution < 1.29 is 9.53 Å². The number of carbonyl (C=O) groups is 1. The Morgan fingerprint density at radius 2 is 1.53 bits per heavy atom. The van der Waals surface area contributed by atoms with Crippen molar-refractivity contribution >= 4 is 33.5 Å². The number of esters is 1. The van der Waals surface area contributed by atoms with Crippen molar-refractivity contribution in [2.45, 2.75) is 4.83 Å². The third kappa shape index (κ3) is 3.37. The van der Waals surface area contributed by atoms with Gasteiger partial charge >= 0.3 is 5.97 Å². The molecule has 19 heavy (non-hydrogen) atoms. The summed E-state index contributed by atoms with van der Waals surface area (Å²) < 4.78 is 4.67. The van der Waals surface area contributed by atoms with Gasteiger partial charge in [-0.15, -0.1) is 0 Å². The van der Waals surface area contributed by atoms with E-state index < -0.39 is 0 Å². The number of rotatable bonds is 3. The largest absolute Gasteiger partial charge is 0.465 e. The molecule has 0 aliphatic carbocycles. The lowest BCUT2D eigenvalue weighted by molar-refractivity contribution is 0.0600. The van der Waals surface area contributed by atoms with Crippen LogP contribution in [-0.2, 0) is 4.74 Å². The second-order valence-electron chi connectivity index (χ2n) is 4.03. The third-order valence-electron chi connectivity index (χ3n) is 2.79. The summed E-state index contributed by atoms with van der Waals surface area (Å²) in [4.78, 5) is 11.4. The molecule has 1 atom stereocenters. The molecule has 0 radical (unpaired) electrons. The van der Waals surface area contributed by atoms with Crippen LogP contribution in [0.4, 0.5) is 0 Å². The van der Waals surface area contributed by atoms with Crippen LogP contribution in [0.3, 0.4) is 0 Å². The van der Waals surface area contributed by atoms with E-state index in [0.29, 0.717) is 10.6 Å². The van der Waals surface area contributed by atoms with Crippen LogP contribution in [0.5, 0.6) is 0 Å². The zero-order valence-corrected chi connectivity index (χ0v) is 12.6. The van der Waals surface area contributed by atoms with Crippen LogP contribution >= 0.6 is 27.5 Å². The van der Waals surface area contributed by atoms with E-state index in [2.05, 4.69) is 20.7 Å². The first-order valence-corrected chi connectivity index (χ1v) is 6.99. The Morgan fingerprint density at radius 1 is 1.05 bits per heavy atom. The molecule has 0 saturated carbocycles. The summed E-state index contributed by atoms with van der Waals surface area (Å²) in [5.41, 5.74) is 2.72. The highest BCUT2D eigenvalue weighted by Gasteiger charge is 2.11. The van der Waals surface area contributed by atoms with E-state index in [0.717, 1.165) is 11.1 Å². The highest BCUT2D eigenvalue weighted by atomic mass is 79.9. The van der Waals surface area contributed by atoms with Crippen molar-refractivity contribution in [1.29, 1.82) is 0 Å². The van der Waals surface area contributed by atoms with Gasteiger partial charge in [-0.25, -0.2) is 4.79 Å². The number of hydrogen-bond donors (Lipinski definition) is 0. The fourth-order valence-electron chi connectivity index (χ4n) is 1.73. The summed E-state index contributed by atoms with van der Waals surface area (Å²) in [6.45, 7) is 0. The van der Waals surface area contributed by atoms with E-state index in [1.807, 2.05) is 36.4 Å². The van der Waals surface area contributed by atoms with Gasteiger partial charge in [0.05, 0.1) is 17.5 Å². The quantitative estimate of drug-likeness (QED) is 0.603. The molecule has 0 bridgehead atoms. The van der Waals surface area contributed by atoms with Crippen molar-refractivity contribution in [3.8, 4) is 0 Å². The van der Waals surface area contributed by atoms with E-state index in [9.17, 15) is 4.79 Å². The summed E-state index contributed by atoms with van der Waals surface area (Å²) in [6.07, 6.45) is 0. The van der Waals surface area contributed by atoms with Crippen molar-refractivity contribution in [1.82, 2.24) is 0 Å². The molecular weight excluding hydrogens is 328 g/mol. The van der Waals surface area contributed by atoms with E-state index in [1.165, 1.54) is 7.11 Å². The summed E-state index contributed by atoms with van der Waals surface area (Å²) >= 11 is 9.51. The highest BCUT2D eigenvalue weighted by molar-refractivity contribution is 9.09. The number of benzene rings is 2. The average Bonchev–Trinajstić information content (AvgIpc) is 2.46. The molecule has 2 aromatic rings. The van der Waals surface area contributed by atoms with Crippen LogP contribution in [0.25, 0.3) is 0 Å². The fraction of sp³-hybridized carbons (Fsp3) is 0.133. The predicted octanol–water partition coefficient (Wildman–Crippen LogP) is 4.61. The first kappa shape index (κ1) is 14.1. The van der Waals surface area contributed by atoms with Gasteiger partial charge in [-0.1, -0.05) is 51.8 Å². The normalized spacial score (nSPS) is 11.9. The van der Waals surface area contributed by atoms with Crippen LogP contribution in [0, 0.1) is 0 Å². The molecule has 1 unspecified atom stereocenters. The molecule has 0 aliphatic rings. The van der Waals surface area contributed by atoms with Crippen molar-refractivity contribution in [3.05, 3.63) is 70.2 Å². The minimum absolute atomic E-state index is 0.0662. The monoisotopic (exact) mass is 338 g/mol. The van der Waals surface area contributed by atoms with E-state index in [4.69, 9.17) is 11.6 Å². The minimum Gasteiger partial charge on any atom is -0.465 e. The number of carbonyl (C=O) groups excluding carboxylic acids is 1. The molecule has 4 heteroatoms. The maximum atomic E-state index is 11.4. The van der Waals surface area contributed by atoms with Gasteiger partial charge in [0.25, 0.3) is 0 Å². The molecule has 0 aromatic heterocycles. The van der Waals surface area contributed by atoms with Gasteiger partial charge in [0.15, 0.2) is 0 Å². The van der Waals surface area contributed by atoms with E-state index in [-0.39, 0.29) is 10.8 Å². The molecule has 0 aliphatic heterocycles. The van der Waals surface area contributed by atoms with Gasteiger partial charge in [0.2, 0.25) is 0 Å². The summed E-state index contributed by atoms with van der Waals surface area (Å²) in [6, 6.07) is 15.0. The average molecular weight is 340 g/mol. The molecule has 2 nitrogen and oxygen atoms in total. The van der Waals surface area contributed by atoms with Crippen LogP contribution in [0.15, 0.2) is 48.5 Å². The Bertz CT molecular complexity index is 564. The van der Waals surface area contributed by atoms with Gasteiger partial charge in [-0.2, -0.15) is 0 Å². The first-order chi connectivity index (χ1) is 9.11. The second kappa shape index (κ2) is 6.22. The van der Waals surface area contributed by atoms with Gasteiger partial charge in [-0.3, -0.25) is 0 Å². The van der Waals surface area contributed by atoms with Gasteiger partial charge in [-0.05, 0) is 35.4 Å². The van der Waals surface area contributed by atoms with Gasteiger partial charge in [0.1, 0.15) is 0 Å². The molecule has 98 valence electrons. The van der Waals surface area contributed by atoms with Crippen molar-refractivity contribution in [3.63, 3.8) is 0 Å². The smallest absolute Gasteiger partial charge is 0.337 e. The molecule has 2 aromatic carbocycles. The summed E-state index contributed by atoms with van der Waals surface area (Å²) in [7, 11) is 1.37. The summed E-state index contributed by atoms with van der Waals surface area (Å²) in [5.74, 6) is -0.329. The highest BCUT2D eigenvalue weighted by Crippen LogP contribution is 2.31. The molecular formula is C15H12BrClO2. The lowest BCUT2D eigenvalue weighted by Gasteiger charge is -2.11. The zero-order chi connectivity index (χ0) is 13.8.